The van der Waals surface area contributed by atoms with Gasteiger partial charge in [-0.2, -0.15) is 0 Å². The van der Waals surface area contributed by atoms with Crippen molar-refractivity contribution in [3.8, 4) is 0 Å². The van der Waals surface area contributed by atoms with Crippen molar-refractivity contribution in [2.75, 3.05) is 18.9 Å². The van der Waals surface area contributed by atoms with Gasteiger partial charge in [-0.25, -0.2) is 4.98 Å². The van der Waals surface area contributed by atoms with Crippen molar-refractivity contribution >= 4 is 22.5 Å². The van der Waals surface area contributed by atoms with Gasteiger partial charge in [-0.15, -0.1) is 0 Å². The number of aliphatic hydroxyl groups excluding tert-OH is 1. The van der Waals surface area contributed by atoms with Gasteiger partial charge in [-0.05, 0) is 25.0 Å². The molecule has 104 valence electrons. The Hall–Kier alpha value is -2.14. The van der Waals surface area contributed by atoms with Gasteiger partial charge >= 0.3 is 0 Å². The molecule has 1 aliphatic carbocycles. The van der Waals surface area contributed by atoms with Crippen molar-refractivity contribution in [3.63, 3.8) is 0 Å². The van der Waals surface area contributed by atoms with Crippen LogP contribution in [0.2, 0.25) is 0 Å². The first-order valence-electron chi connectivity index (χ1n) is 6.68. The lowest BCUT2D eigenvalue weighted by Gasteiger charge is -2.13. The lowest BCUT2D eigenvalue weighted by atomic mass is 10.1. The van der Waals surface area contributed by atoms with Gasteiger partial charge in [0.25, 0.3) is 5.91 Å². The Balaban J connectivity index is 1.81. The molecule has 1 aromatic carbocycles. The van der Waals surface area contributed by atoms with Crippen LogP contribution in [0.4, 0.5) is 5.69 Å². The highest BCUT2D eigenvalue weighted by Crippen LogP contribution is 2.44. The highest BCUT2D eigenvalue weighted by Gasteiger charge is 2.42. The average Bonchev–Trinajstić information content (AvgIpc) is 3.25. The molecule has 0 spiro atoms. The standard InChI is InChI=1S/C15H17N3O2/c16-11-7-13(18-12-4-2-1-3-10(11)12)14(20)17-8-15(9-19)5-6-15/h1-4,7,19H,5-6,8-9H2,(H2,16,18)(H,17,20). The van der Waals surface area contributed by atoms with Crippen LogP contribution in [0.5, 0.6) is 0 Å². The fraction of sp³-hybridized carbons (Fsp3) is 0.333. The number of aliphatic hydroxyl groups is 1. The predicted molar refractivity (Wildman–Crippen MR) is 77.2 cm³/mol. The number of nitrogens with zero attached hydrogens (tertiary/aromatic N) is 1. The molecule has 0 radical (unpaired) electrons. The van der Waals surface area contributed by atoms with E-state index in [0.717, 1.165) is 18.2 Å². The largest absolute Gasteiger partial charge is 0.398 e. The number of anilines is 1. The normalized spacial score (nSPS) is 16.1. The molecule has 0 aliphatic heterocycles. The zero-order valence-corrected chi connectivity index (χ0v) is 11.1. The highest BCUT2D eigenvalue weighted by molar-refractivity contribution is 5.99. The van der Waals surface area contributed by atoms with Crippen molar-refractivity contribution in [2.45, 2.75) is 12.8 Å². The summed E-state index contributed by atoms with van der Waals surface area (Å²) in [6.45, 7) is 0.595. The van der Waals surface area contributed by atoms with Crippen LogP contribution in [0.3, 0.4) is 0 Å². The van der Waals surface area contributed by atoms with E-state index in [1.165, 1.54) is 0 Å². The van der Waals surface area contributed by atoms with E-state index in [1.807, 2.05) is 24.3 Å². The fourth-order valence-electron chi connectivity index (χ4n) is 2.24. The number of rotatable bonds is 4. The van der Waals surface area contributed by atoms with Crippen molar-refractivity contribution in [1.82, 2.24) is 10.3 Å². The summed E-state index contributed by atoms with van der Waals surface area (Å²) in [5.41, 5.74) is 7.41. The topological polar surface area (TPSA) is 88.2 Å². The SMILES string of the molecule is Nc1cc(C(=O)NCC2(CO)CC2)nc2ccccc12. The van der Waals surface area contributed by atoms with E-state index in [9.17, 15) is 9.90 Å². The molecule has 1 amide bonds. The summed E-state index contributed by atoms with van der Waals surface area (Å²) in [5, 5.41) is 12.9. The number of hydrogen-bond donors (Lipinski definition) is 3. The van der Waals surface area contributed by atoms with Gasteiger partial charge in [0.15, 0.2) is 0 Å². The maximum atomic E-state index is 12.1. The number of amides is 1. The maximum absolute atomic E-state index is 12.1. The molecule has 0 bridgehead atoms. The van der Waals surface area contributed by atoms with Gasteiger partial charge in [0.05, 0.1) is 12.1 Å². The number of fused-ring (bicyclic) bond motifs is 1. The molecular weight excluding hydrogens is 254 g/mol. The minimum absolute atomic E-state index is 0.112. The lowest BCUT2D eigenvalue weighted by molar-refractivity contribution is 0.0930. The number of nitrogen functional groups attached to an aromatic ring is 1. The van der Waals surface area contributed by atoms with Gasteiger partial charge in [-0.3, -0.25) is 4.79 Å². The molecule has 20 heavy (non-hydrogen) atoms. The maximum Gasteiger partial charge on any atom is 0.270 e. The number of benzene rings is 1. The molecule has 1 heterocycles. The summed E-state index contributed by atoms with van der Waals surface area (Å²) in [6, 6.07) is 9.05. The first-order valence-corrected chi connectivity index (χ1v) is 6.68. The van der Waals surface area contributed by atoms with E-state index in [-0.39, 0.29) is 17.9 Å². The van der Waals surface area contributed by atoms with Crippen LogP contribution in [0, 0.1) is 5.41 Å². The minimum Gasteiger partial charge on any atom is -0.398 e. The molecule has 1 saturated carbocycles. The van der Waals surface area contributed by atoms with Crippen molar-refractivity contribution in [1.29, 1.82) is 0 Å². The van der Waals surface area contributed by atoms with Crippen LogP contribution in [-0.2, 0) is 0 Å². The second kappa shape index (κ2) is 4.76. The first-order chi connectivity index (χ1) is 9.63. The summed E-state index contributed by atoms with van der Waals surface area (Å²) >= 11 is 0. The molecule has 0 saturated heterocycles. The van der Waals surface area contributed by atoms with Crippen LogP contribution >= 0.6 is 0 Å². The Bertz CT molecular complexity index is 665. The number of para-hydroxylation sites is 1. The van der Waals surface area contributed by atoms with E-state index in [1.54, 1.807) is 6.07 Å². The second-order valence-corrected chi connectivity index (χ2v) is 5.45. The molecule has 1 aliphatic rings. The Morgan fingerprint density at radius 1 is 1.40 bits per heavy atom. The quantitative estimate of drug-likeness (QED) is 0.782. The van der Waals surface area contributed by atoms with Gasteiger partial charge in [0, 0.05) is 23.0 Å². The molecule has 3 rings (SSSR count). The molecule has 0 unspecified atom stereocenters. The molecular formula is C15H17N3O2. The van der Waals surface area contributed by atoms with Crippen LogP contribution in [0.1, 0.15) is 23.3 Å². The summed E-state index contributed by atoms with van der Waals surface area (Å²) in [4.78, 5) is 16.4. The smallest absolute Gasteiger partial charge is 0.270 e. The molecule has 1 fully saturated rings. The number of nitrogens with one attached hydrogen (secondary N) is 1. The number of pyridine rings is 1. The summed E-state index contributed by atoms with van der Waals surface area (Å²) in [5.74, 6) is -0.248. The van der Waals surface area contributed by atoms with E-state index in [4.69, 9.17) is 5.73 Å². The highest BCUT2D eigenvalue weighted by atomic mass is 16.3. The molecule has 1 aromatic heterocycles. The number of carbonyl (C=O) groups is 1. The number of nitrogens with two attached hydrogens (primary N) is 1. The van der Waals surface area contributed by atoms with Crippen LogP contribution < -0.4 is 11.1 Å². The van der Waals surface area contributed by atoms with Gasteiger partial charge in [0.1, 0.15) is 5.69 Å². The Morgan fingerprint density at radius 2 is 2.15 bits per heavy atom. The van der Waals surface area contributed by atoms with Crippen molar-refractivity contribution in [2.24, 2.45) is 5.41 Å². The summed E-state index contributed by atoms with van der Waals surface area (Å²) in [7, 11) is 0. The number of hydrogen-bond acceptors (Lipinski definition) is 4. The molecule has 4 N–H and O–H groups in total. The van der Waals surface area contributed by atoms with Gasteiger partial charge in [0.2, 0.25) is 0 Å². The second-order valence-electron chi connectivity index (χ2n) is 5.45. The van der Waals surface area contributed by atoms with E-state index in [2.05, 4.69) is 10.3 Å². The number of aromatic nitrogens is 1. The Labute approximate surface area is 116 Å². The van der Waals surface area contributed by atoms with Crippen molar-refractivity contribution in [3.05, 3.63) is 36.0 Å². The van der Waals surface area contributed by atoms with Crippen LogP contribution in [0.25, 0.3) is 10.9 Å². The van der Waals surface area contributed by atoms with E-state index >= 15 is 0 Å². The lowest BCUT2D eigenvalue weighted by Crippen LogP contribution is -2.32. The number of carbonyl (C=O) groups excluding carboxylic acids is 1. The third kappa shape index (κ3) is 2.32. The zero-order chi connectivity index (χ0) is 14.2. The Kier molecular flexibility index (Phi) is 3.06. The summed E-state index contributed by atoms with van der Waals surface area (Å²) < 4.78 is 0. The average molecular weight is 271 g/mol. The third-order valence-electron chi connectivity index (χ3n) is 3.90. The third-order valence-corrected chi connectivity index (χ3v) is 3.90. The van der Waals surface area contributed by atoms with E-state index in [0.29, 0.717) is 23.4 Å². The molecule has 5 heteroatoms. The zero-order valence-electron chi connectivity index (χ0n) is 11.1. The monoisotopic (exact) mass is 271 g/mol. The fourth-order valence-corrected chi connectivity index (χ4v) is 2.24. The first kappa shape index (κ1) is 12.9. The van der Waals surface area contributed by atoms with Gasteiger partial charge < -0.3 is 16.2 Å². The summed E-state index contributed by atoms with van der Waals surface area (Å²) in [6.07, 6.45) is 1.91. The molecule has 0 atom stereocenters. The minimum atomic E-state index is -0.248. The van der Waals surface area contributed by atoms with E-state index < -0.39 is 0 Å². The van der Waals surface area contributed by atoms with Crippen LogP contribution in [0.15, 0.2) is 30.3 Å². The van der Waals surface area contributed by atoms with Crippen LogP contribution in [-0.4, -0.2) is 29.1 Å². The predicted octanol–water partition coefficient (Wildman–Crippen LogP) is 1.32. The molecule has 2 aromatic rings. The van der Waals surface area contributed by atoms with Gasteiger partial charge in [-0.1, -0.05) is 18.2 Å². The molecule has 5 nitrogen and oxygen atoms in total. The Morgan fingerprint density at radius 3 is 2.85 bits per heavy atom. The van der Waals surface area contributed by atoms with Crippen molar-refractivity contribution < 1.29 is 9.90 Å².